The quantitative estimate of drug-likeness (QED) is 0.0295. The van der Waals surface area contributed by atoms with E-state index in [1.54, 1.807) is 91.7 Å². The van der Waals surface area contributed by atoms with Crippen molar-refractivity contribution in [1.29, 1.82) is 0 Å². The van der Waals surface area contributed by atoms with Crippen molar-refractivity contribution in [2.45, 2.75) is 183 Å². The minimum atomic E-state index is -1.06. The highest BCUT2D eigenvalue weighted by Gasteiger charge is 2.45. The molecule has 2 aromatic heterocycles. The number of phenolic OH excluding ortho intramolecular Hbond substituents is 3. The Hall–Kier alpha value is -12.8. The number of hydrogen-bond acceptors (Lipinski definition) is 15. The maximum Gasteiger partial charge on any atom is 0.335 e. The van der Waals surface area contributed by atoms with Gasteiger partial charge in [0.05, 0.1) is 57.2 Å². The molecule has 1 amide bonds. The van der Waals surface area contributed by atoms with E-state index in [-0.39, 0.29) is 124 Å². The van der Waals surface area contributed by atoms with Crippen LogP contribution >= 0.6 is 12.4 Å². The van der Waals surface area contributed by atoms with Crippen molar-refractivity contribution in [2.24, 2.45) is 25.6 Å². The summed E-state index contributed by atoms with van der Waals surface area (Å²) in [6.07, 6.45) is 3.62. The van der Waals surface area contributed by atoms with Crippen molar-refractivity contribution in [3.8, 4) is 62.0 Å². The van der Waals surface area contributed by atoms with Crippen LogP contribution in [0.2, 0.25) is 0 Å². The molecular weight excluding hydrogens is 1500 g/mol. The number of nitrogens with zero attached hydrogens (tertiary/aromatic N) is 8. The minimum absolute atomic E-state index is 0. The number of carboxylic acids is 3. The molecule has 0 saturated carbocycles. The summed E-state index contributed by atoms with van der Waals surface area (Å²) in [7, 11) is 0. The summed E-state index contributed by atoms with van der Waals surface area (Å²) < 4.78 is 2.95. The van der Waals surface area contributed by atoms with Crippen molar-refractivity contribution in [3.05, 3.63) is 263 Å². The van der Waals surface area contributed by atoms with Crippen molar-refractivity contribution < 1.29 is 49.8 Å². The number of nitrogens with one attached hydrogen (secondary N) is 2. The summed E-state index contributed by atoms with van der Waals surface area (Å²) in [6, 6.07) is 47.9. The summed E-state index contributed by atoms with van der Waals surface area (Å²) in [5, 5.41) is 88.6. The molecule has 0 spiro atoms. The van der Waals surface area contributed by atoms with E-state index >= 15 is 0 Å². The third kappa shape index (κ3) is 17.2. The van der Waals surface area contributed by atoms with Gasteiger partial charge < -0.3 is 36.4 Å². The first-order valence-corrected chi connectivity index (χ1v) is 38.3. The molecule has 9 aromatic carbocycles. The number of azo groups is 2. The number of nitrogen functional groups attached to an aromatic ring is 1. The molecule has 0 radical (unpaired) electrons. The lowest BCUT2D eigenvalue weighted by Crippen LogP contribution is -2.20. The van der Waals surface area contributed by atoms with Crippen LogP contribution < -0.4 is 21.9 Å². The minimum Gasteiger partial charge on any atom is -0.505 e. The van der Waals surface area contributed by atoms with Crippen LogP contribution in [-0.2, 0) is 37.3 Å². The number of benzene rings is 9. The summed E-state index contributed by atoms with van der Waals surface area (Å²) >= 11 is 0. The number of aromatic nitrogens is 4. The van der Waals surface area contributed by atoms with E-state index in [0.717, 1.165) is 58.7 Å². The van der Waals surface area contributed by atoms with E-state index in [4.69, 9.17) is 10.8 Å². The summed E-state index contributed by atoms with van der Waals surface area (Å²) in [4.78, 5) is 72.5. The molecule has 10 N–H and O–H groups in total. The van der Waals surface area contributed by atoms with E-state index in [1.165, 1.54) is 79.1 Å². The zero-order chi connectivity index (χ0) is 84.5. The number of hydrogen-bond donors (Lipinski definition) is 9. The Morgan fingerprint density at radius 2 is 0.718 bits per heavy atom. The van der Waals surface area contributed by atoms with E-state index in [1.807, 2.05) is 45.9 Å². The number of rotatable bonds is 13. The number of amides is 1. The number of aromatic carboxylic acids is 3. The predicted molar refractivity (Wildman–Crippen MR) is 462 cm³/mol. The van der Waals surface area contributed by atoms with Crippen molar-refractivity contribution in [3.63, 3.8) is 0 Å². The number of fused-ring (bicyclic) bond motifs is 3. The summed E-state index contributed by atoms with van der Waals surface area (Å²) in [6.45, 7) is 38.0. The molecule has 11 aromatic rings. The molecule has 23 nitrogen and oxygen atoms in total. The molecule has 0 bridgehead atoms. The molecule has 1 aliphatic heterocycles. The van der Waals surface area contributed by atoms with Gasteiger partial charge in [-0.3, -0.25) is 24.6 Å². The molecule has 0 atom stereocenters. The van der Waals surface area contributed by atoms with Gasteiger partial charge in [0.1, 0.15) is 17.1 Å². The fourth-order valence-electron chi connectivity index (χ4n) is 17.6. The Bertz CT molecular complexity index is 5830. The number of halogens is 1. The maximum atomic E-state index is 13.4. The van der Waals surface area contributed by atoms with Gasteiger partial charge in [0.15, 0.2) is 22.9 Å². The van der Waals surface area contributed by atoms with Crippen LogP contribution in [0.15, 0.2) is 199 Å². The first-order valence-electron chi connectivity index (χ1n) is 38.3. The van der Waals surface area contributed by atoms with Crippen LogP contribution in [-0.4, -0.2) is 79.7 Å². The van der Waals surface area contributed by atoms with Gasteiger partial charge in [-0.15, -0.1) is 32.9 Å². The number of H-pyrrole nitrogens is 2. The zero-order valence-corrected chi connectivity index (χ0v) is 69.9. The summed E-state index contributed by atoms with van der Waals surface area (Å²) in [5.41, 5.74) is 24.5. The fourth-order valence-corrected chi connectivity index (χ4v) is 17.6. The first kappa shape index (κ1) is 85.1. The fraction of sp³-hybridized carbons (Fsp3) is 0.301. The highest BCUT2D eigenvalue weighted by atomic mass is 35.5. The van der Waals surface area contributed by atoms with Gasteiger partial charge in [-0.2, -0.15) is 5.10 Å². The van der Waals surface area contributed by atoms with Crippen LogP contribution in [0.4, 0.5) is 34.1 Å². The summed E-state index contributed by atoms with van der Waals surface area (Å²) in [5.74, 6) is -3.37. The molecule has 4 aliphatic rings. The maximum absolute atomic E-state index is 13.4. The van der Waals surface area contributed by atoms with E-state index < -0.39 is 17.9 Å². The topological polar surface area (TPSA) is 356 Å². The highest BCUT2D eigenvalue weighted by molar-refractivity contribution is 6.12. The van der Waals surface area contributed by atoms with Crippen LogP contribution in [0.1, 0.15) is 208 Å². The Morgan fingerprint density at radius 3 is 1.05 bits per heavy atom. The lowest BCUT2D eigenvalue weighted by molar-refractivity contribution is -0.116. The molecule has 0 unspecified atom stereocenters. The van der Waals surface area contributed by atoms with Crippen molar-refractivity contribution in [2.75, 3.05) is 10.7 Å². The number of hydrazone groups is 1. The monoisotopic (exact) mass is 1600 g/mol. The number of carboxylic acid groups (broad SMARTS) is 3. The number of anilines is 2. The van der Waals surface area contributed by atoms with E-state index in [9.17, 15) is 54.3 Å². The van der Waals surface area contributed by atoms with E-state index in [2.05, 4.69) is 155 Å². The zero-order valence-electron chi connectivity index (χ0n) is 69.1. The average Bonchev–Trinajstić information content (AvgIpc) is 1.60. The molecule has 606 valence electrons. The van der Waals surface area contributed by atoms with E-state index in [0.29, 0.717) is 51.2 Å². The predicted octanol–water partition coefficient (Wildman–Crippen LogP) is 21.3. The standard InChI is InChI=1S/2C31H32N4O4.C17H22N2O.C14H13NO3.ClH/c2*1-17-12-22(19-8-7-9-20(14-19)29(38)39)27(36)25(13-17)32-33-26-18(2)34-35(28(26)37)21-10-11-23-24(15-21)31(5,6)16-30(23,3)4;1-11-8-15(20)19(18-11)12-6-7-13-14(9-12)17(4,5)10-16(13,2)3;1-8-5-11(13(16)12(15)6-8)9-3-2-4-10(7-9)14(17)18;/h2*7-15,34,36H,16H2,1-6H3,(H,38,39);6-7,9H,8,10H2,1-5H3;2-7,16H,15H2,1H3,(H,17,18);1H. The van der Waals surface area contributed by atoms with Crippen LogP contribution in [0.25, 0.3) is 44.8 Å². The average molecular weight is 1600 g/mol. The van der Waals surface area contributed by atoms with Crippen LogP contribution in [0, 0.1) is 34.6 Å². The number of aryl methyl sites for hydroxylation is 5. The third-order valence-electron chi connectivity index (χ3n) is 22.3. The number of phenols is 3. The molecule has 24 heteroatoms. The smallest absolute Gasteiger partial charge is 0.335 e. The number of nitrogens with two attached hydrogens (primary N) is 1. The highest BCUT2D eigenvalue weighted by Crippen LogP contribution is 2.53. The lowest BCUT2D eigenvalue weighted by atomic mass is 9.82. The third-order valence-corrected chi connectivity index (χ3v) is 22.3. The number of aromatic hydroxyl groups is 3. The molecule has 15 rings (SSSR count). The van der Waals surface area contributed by atoms with Crippen LogP contribution in [0.5, 0.6) is 17.2 Å². The second-order valence-electron chi connectivity index (χ2n) is 34.9. The Kier molecular flexibility index (Phi) is 23.1. The number of carbonyl (C=O) groups excluding carboxylic acids is 1. The molecule has 3 heterocycles. The van der Waals surface area contributed by atoms with Gasteiger partial charge in [-0.25, -0.2) is 28.8 Å². The van der Waals surface area contributed by atoms with Gasteiger partial charge >= 0.3 is 17.9 Å². The van der Waals surface area contributed by atoms with Crippen LogP contribution in [0.3, 0.4) is 0 Å². The molecule has 0 fully saturated rings. The Labute approximate surface area is 685 Å². The second kappa shape index (κ2) is 31.8. The van der Waals surface area contributed by atoms with Gasteiger partial charge in [-0.1, -0.05) is 138 Å². The lowest BCUT2D eigenvalue weighted by Gasteiger charge is -2.22. The van der Waals surface area contributed by atoms with Crippen molar-refractivity contribution in [1.82, 2.24) is 19.6 Å². The Balaban J connectivity index is 0.000000161. The SMILES string of the molecule is CC1=NN(c2ccc3c(c2)C(C)(C)CC3(C)C)C(=O)C1.Cc1cc(N)c(O)c(-c2cccc(C(=O)O)c2)c1.Cc1cc(N=Nc2c(C)[nH]n(-c3ccc4c(c3)C(C)(C)CC4(C)C)c2=O)c(O)c(-c2cccc(C(=O)O)c2)c1.Cc1cc(N=Nc2c(C)[nH]n(-c3ccc4c(c3)C(C)(C)CC4(C)C)c2=O)c(O)c(-c2cccc(C(=O)O)c2)c1.Cl. The molecule has 0 saturated heterocycles. The normalized spacial score (nSPS) is 15.9. The molecule has 3 aliphatic carbocycles. The van der Waals surface area contributed by atoms with Gasteiger partial charge in [0.2, 0.25) is 0 Å². The second-order valence-corrected chi connectivity index (χ2v) is 34.9. The van der Waals surface area contributed by atoms with Crippen molar-refractivity contribution >= 4 is 76.1 Å². The molecular formula is C93H100ClN11O12. The largest absolute Gasteiger partial charge is 0.505 e. The molecule has 117 heavy (non-hydrogen) atoms. The van der Waals surface area contributed by atoms with Gasteiger partial charge in [0.25, 0.3) is 17.0 Å². The number of carbonyl (C=O) groups is 4. The number of aromatic amines is 2. The Morgan fingerprint density at radius 1 is 0.402 bits per heavy atom. The first-order chi connectivity index (χ1) is 54.3. The van der Waals surface area contributed by atoms with Gasteiger partial charge in [0, 0.05) is 22.4 Å². The van der Waals surface area contributed by atoms with Gasteiger partial charge in [-0.05, 0) is 269 Å².